The van der Waals surface area contributed by atoms with E-state index in [1.54, 1.807) is 0 Å². The fraction of sp³-hybridized carbons (Fsp3) is 0.625. The monoisotopic (exact) mass is 245 g/mol. The molecule has 0 aromatic heterocycles. The van der Waals surface area contributed by atoms with Crippen molar-refractivity contribution in [2.75, 3.05) is 13.1 Å². The van der Waals surface area contributed by atoms with Crippen molar-refractivity contribution in [3.8, 4) is 5.75 Å². The number of likely N-dealkylation sites (tertiary alicyclic amines) is 1. The standard InChI is InChI=1S/C16H23NO/c1-3-9-17-10-11(2)16-13-5-4-6-15(18)12(13)7-8-14(16)17/h4-6,11,14,16,18H,3,7-10H2,1-2H3/t11-,14-,16+/m1/s1. The Morgan fingerprint density at radius 2 is 2.22 bits per heavy atom. The number of fused-ring (bicyclic) bond motifs is 3. The van der Waals surface area contributed by atoms with Crippen LogP contribution in [0.1, 0.15) is 43.7 Å². The van der Waals surface area contributed by atoms with Crippen LogP contribution in [-0.4, -0.2) is 29.1 Å². The first-order valence-corrected chi connectivity index (χ1v) is 7.27. The van der Waals surface area contributed by atoms with Crippen LogP contribution in [0.4, 0.5) is 0 Å². The SMILES string of the molecule is CCCN1C[C@@H](C)[C@H]2c3cccc(O)c3CC[C@H]21. The average molecular weight is 245 g/mol. The molecule has 98 valence electrons. The lowest BCUT2D eigenvalue weighted by Crippen LogP contribution is -2.35. The first-order valence-electron chi connectivity index (χ1n) is 7.27. The number of phenolic OH excluding ortho intramolecular Hbond substituents is 1. The van der Waals surface area contributed by atoms with Crippen molar-refractivity contribution in [3.05, 3.63) is 29.3 Å². The maximum Gasteiger partial charge on any atom is 0.119 e. The Morgan fingerprint density at radius 1 is 1.39 bits per heavy atom. The number of rotatable bonds is 2. The van der Waals surface area contributed by atoms with Gasteiger partial charge in [-0.1, -0.05) is 26.0 Å². The molecule has 0 spiro atoms. The van der Waals surface area contributed by atoms with E-state index in [1.165, 1.54) is 37.1 Å². The van der Waals surface area contributed by atoms with E-state index in [-0.39, 0.29) is 0 Å². The average Bonchev–Trinajstić information content (AvgIpc) is 2.68. The molecule has 1 aliphatic carbocycles. The summed E-state index contributed by atoms with van der Waals surface area (Å²) in [6.45, 7) is 7.07. The maximum atomic E-state index is 10.0. The topological polar surface area (TPSA) is 23.5 Å². The highest BCUT2D eigenvalue weighted by Gasteiger charge is 2.42. The summed E-state index contributed by atoms with van der Waals surface area (Å²) in [5.41, 5.74) is 2.63. The van der Waals surface area contributed by atoms with Gasteiger partial charge >= 0.3 is 0 Å². The molecule has 0 radical (unpaired) electrons. The molecule has 1 aromatic carbocycles. The molecule has 0 saturated carbocycles. The Hall–Kier alpha value is -1.02. The zero-order valence-corrected chi connectivity index (χ0v) is 11.4. The lowest BCUT2D eigenvalue weighted by atomic mass is 9.75. The first kappa shape index (κ1) is 12.0. The molecule has 0 amide bonds. The minimum absolute atomic E-state index is 0.507. The molecule has 1 fully saturated rings. The number of benzene rings is 1. The van der Waals surface area contributed by atoms with Crippen molar-refractivity contribution in [2.45, 2.75) is 45.1 Å². The molecular formula is C16H23NO. The Labute approximate surface area is 110 Å². The van der Waals surface area contributed by atoms with Crippen LogP contribution in [0, 0.1) is 5.92 Å². The van der Waals surface area contributed by atoms with Gasteiger partial charge in [-0.15, -0.1) is 0 Å². The molecule has 1 heterocycles. The van der Waals surface area contributed by atoms with Gasteiger partial charge in [0.1, 0.15) is 5.75 Å². The van der Waals surface area contributed by atoms with Gasteiger partial charge in [0.25, 0.3) is 0 Å². The number of hydrogen-bond donors (Lipinski definition) is 1. The van der Waals surface area contributed by atoms with Crippen LogP contribution >= 0.6 is 0 Å². The molecule has 1 aromatic rings. The maximum absolute atomic E-state index is 10.0. The van der Waals surface area contributed by atoms with Gasteiger partial charge in [-0.25, -0.2) is 0 Å². The third-order valence-electron chi connectivity index (χ3n) is 4.77. The van der Waals surface area contributed by atoms with Crippen molar-refractivity contribution >= 4 is 0 Å². The van der Waals surface area contributed by atoms with Crippen LogP contribution < -0.4 is 0 Å². The Kier molecular flexibility index (Phi) is 3.06. The van der Waals surface area contributed by atoms with E-state index in [4.69, 9.17) is 0 Å². The van der Waals surface area contributed by atoms with E-state index in [2.05, 4.69) is 24.8 Å². The summed E-state index contributed by atoms with van der Waals surface area (Å²) in [5, 5.41) is 10.0. The summed E-state index contributed by atoms with van der Waals surface area (Å²) in [5.74, 6) is 1.85. The van der Waals surface area contributed by atoms with Crippen LogP contribution in [0.15, 0.2) is 18.2 Å². The van der Waals surface area contributed by atoms with Gasteiger partial charge in [-0.2, -0.15) is 0 Å². The predicted molar refractivity (Wildman–Crippen MR) is 74.0 cm³/mol. The summed E-state index contributed by atoms with van der Waals surface area (Å²) < 4.78 is 0. The van der Waals surface area contributed by atoms with Crippen LogP contribution in [0.3, 0.4) is 0 Å². The number of phenols is 1. The zero-order chi connectivity index (χ0) is 12.7. The zero-order valence-electron chi connectivity index (χ0n) is 11.4. The molecule has 3 rings (SSSR count). The van der Waals surface area contributed by atoms with Gasteiger partial charge in [-0.3, -0.25) is 4.90 Å². The van der Waals surface area contributed by atoms with Gasteiger partial charge in [0, 0.05) is 18.5 Å². The molecule has 1 saturated heterocycles. The van der Waals surface area contributed by atoms with Crippen LogP contribution in [0.2, 0.25) is 0 Å². The molecule has 1 aliphatic heterocycles. The first-order chi connectivity index (χ1) is 8.72. The number of nitrogens with zero attached hydrogens (tertiary/aromatic N) is 1. The highest BCUT2D eigenvalue weighted by molar-refractivity contribution is 5.44. The van der Waals surface area contributed by atoms with Gasteiger partial charge in [0.15, 0.2) is 0 Å². The van der Waals surface area contributed by atoms with Gasteiger partial charge in [0.05, 0.1) is 0 Å². The second kappa shape index (κ2) is 4.58. The third kappa shape index (κ3) is 1.74. The molecule has 0 unspecified atom stereocenters. The minimum Gasteiger partial charge on any atom is -0.508 e. The van der Waals surface area contributed by atoms with Crippen molar-refractivity contribution in [2.24, 2.45) is 5.92 Å². The predicted octanol–water partition coefficient (Wildman–Crippen LogP) is 3.15. The van der Waals surface area contributed by atoms with Crippen LogP contribution in [-0.2, 0) is 6.42 Å². The second-order valence-electron chi connectivity index (χ2n) is 5.95. The third-order valence-corrected chi connectivity index (χ3v) is 4.77. The Balaban J connectivity index is 1.97. The highest BCUT2D eigenvalue weighted by Crippen LogP contribution is 2.46. The van der Waals surface area contributed by atoms with Gasteiger partial charge in [0.2, 0.25) is 0 Å². The highest BCUT2D eigenvalue weighted by atomic mass is 16.3. The van der Waals surface area contributed by atoms with E-state index in [1.807, 2.05) is 12.1 Å². The Morgan fingerprint density at radius 3 is 3.00 bits per heavy atom. The van der Waals surface area contributed by atoms with E-state index < -0.39 is 0 Å². The van der Waals surface area contributed by atoms with Crippen LogP contribution in [0.25, 0.3) is 0 Å². The quantitative estimate of drug-likeness (QED) is 0.865. The van der Waals surface area contributed by atoms with E-state index in [9.17, 15) is 5.11 Å². The molecule has 18 heavy (non-hydrogen) atoms. The summed E-state index contributed by atoms with van der Waals surface area (Å²) in [6.07, 6.45) is 3.48. The molecule has 2 heteroatoms. The summed E-state index contributed by atoms with van der Waals surface area (Å²) >= 11 is 0. The molecule has 2 aliphatic rings. The van der Waals surface area contributed by atoms with Crippen molar-refractivity contribution < 1.29 is 5.11 Å². The van der Waals surface area contributed by atoms with E-state index in [0.717, 1.165) is 6.42 Å². The van der Waals surface area contributed by atoms with Crippen molar-refractivity contribution in [1.29, 1.82) is 0 Å². The van der Waals surface area contributed by atoms with E-state index >= 15 is 0 Å². The molecule has 2 nitrogen and oxygen atoms in total. The van der Waals surface area contributed by atoms with Crippen molar-refractivity contribution in [3.63, 3.8) is 0 Å². The molecular weight excluding hydrogens is 222 g/mol. The lowest BCUT2D eigenvalue weighted by Gasteiger charge is -2.34. The summed E-state index contributed by atoms with van der Waals surface area (Å²) in [6, 6.07) is 6.78. The largest absolute Gasteiger partial charge is 0.508 e. The van der Waals surface area contributed by atoms with E-state index in [0.29, 0.717) is 23.6 Å². The molecule has 1 N–H and O–H groups in total. The fourth-order valence-corrected chi connectivity index (χ4v) is 4.11. The normalized spacial score (nSPS) is 31.1. The van der Waals surface area contributed by atoms with Crippen LogP contribution in [0.5, 0.6) is 5.75 Å². The smallest absolute Gasteiger partial charge is 0.119 e. The second-order valence-corrected chi connectivity index (χ2v) is 5.95. The number of aromatic hydroxyl groups is 1. The molecule has 3 atom stereocenters. The minimum atomic E-state index is 0.507. The lowest BCUT2D eigenvalue weighted by molar-refractivity contribution is 0.226. The number of hydrogen-bond acceptors (Lipinski definition) is 2. The van der Waals surface area contributed by atoms with Gasteiger partial charge < -0.3 is 5.11 Å². The Bertz CT molecular complexity index is 443. The fourth-order valence-electron chi connectivity index (χ4n) is 4.11. The molecule has 0 bridgehead atoms. The van der Waals surface area contributed by atoms with Gasteiger partial charge in [-0.05, 0) is 48.9 Å². The summed E-state index contributed by atoms with van der Waals surface area (Å²) in [4.78, 5) is 2.67. The van der Waals surface area contributed by atoms with Crippen molar-refractivity contribution in [1.82, 2.24) is 4.90 Å². The summed E-state index contributed by atoms with van der Waals surface area (Å²) in [7, 11) is 0.